The average molecular weight is 232 g/mol. The van der Waals surface area contributed by atoms with Crippen LogP contribution in [-0.4, -0.2) is 28.0 Å². The minimum absolute atomic E-state index is 0.0752. The van der Waals surface area contributed by atoms with E-state index >= 15 is 0 Å². The lowest BCUT2D eigenvalue weighted by Crippen LogP contribution is -2.20. The molecule has 0 aliphatic heterocycles. The SMILES string of the molecule is Nc1cccc(Cl)c1C(O)C(O)CCO. The Balaban J connectivity index is 2.94. The summed E-state index contributed by atoms with van der Waals surface area (Å²) in [7, 11) is 0. The van der Waals surface area contributed by atoms with Crippen LogP contribution in [0.3, 0.4) is 0 Å². The molecule has 0 radical (unpaired) electrons. The van der Waals surface area contributed by atoms with Crippen molar-refractivity contribution >= 4 is 17.3 Å². The van der Waals surface area contributed by atoms with Gasteiger partial charge in [0.1, 0.15) is 6.10 Å². The quantitative estimate of drug-likeness (QED) is 0.575. The van der Waals surface area contributed by atoms with Crippen LogP contribution in [0.15, 0.2) is 18.2 Å². The largest absolute Gasteiger partial charge is 0.398 e. The van der Waals surface area contributed by atoms with E-state index in [2.05, 4.69) is 0 Å². The van der Waals surface area contributed by atoms with Gasteiger partial charge in [-0.15, -0.1) is 0 Å². The second-order valence-corrected chi connectivity index (χ2v) is 3.67. The van der Waals surface area contributed by atoms with Crippen molar-refractivity contribution in [2.75, 3.05) is 12.3 Å². The van der Waals surface area contributed by atoms with Crippen molar-refractivity contribution in [2.45, 2.75) is 18.6 Å². The smallest absolute Gasteiger partial charge is 0.108 e. The molecule has 15 heavy (non-hydrogen) atoms. The molecular formula is C10H14ClNO3. The molecule has 0 spiro atoms. The number of hydrogen-bond acceptors (Lipinski definition) is 4. The fourth-order valence-electron chi connectivity index (χ4n) is 1.35. The molecule has 2 unspecified atom stereocenters. The van der Waals surface area contributed by atoms with Gasteiger partial charge in [0.25, 0.3) is 0 Å². The zero-order chi connectivity index (χ0) is 11.4. The molecule has 1 aromatic carbocycles. The van der Waals surface area contributed by atoms with E-state index in [9.17, 15) is 10.2 Å². The summed E-state index contributed by atoms with van der Waals surface area (Å²) in [5.41, 5.74) is 6.27. The number of aliphatic hydroxyl groups excluding tert-OH is 3. The predicted molar refractivity (Wildman–Crippen MR) is 58.5 cm³/mol. The van der Waals surface area contributed by atoms with E-state index in [4.69, 9.17) is 22.4 Å². The van der Waals surface area contributed by atoms with Gasteiger partial charge in [-0.25, -0.2) is 0 Å². The Kier molecular flexibility index (Phi) is 4.35. The Labute approximate surface area is 92.9 Å². The molecule has 0 aliphatic rings. The van der Waals surface area contributed by atoms with E-state index in [0.29, 0.717) is 16.3 Å². The summed E-state index contributed by atoms with van der Waals surface area (Å²) in [6.07, 6.45) is -2.17. The maximum atomic E-state index is 9.76. The van der Waals surface area contributed by atoms with Crippen molar-refractivity contribution in [2.24, 2.45) is 0 Å². The standard InChI is InChI=1S/C10H14ClNO3/c11-6-2-1-3-7(12)9(6)10(15)8(14)4-5-13/h1-3,8,10,13-15H,4-5,12H2. The van der Waals surface area contributed by atoms with Gasteiger partial charge in [-0.05, 0) is 18.6 Å². The van der Waals surface area contributed by atoms with Crippen LogP contribution in [0.2, 0.25) is 5.02 Å². The Morgan fingerprint density at radius 2 is 2.00 bits per heavy atom. The third-order valence-corrected chi connectivity index (χ3v) is 2.50. The van der Waals surface area contributed by atoms with E-state index < -0.39 is 12.2 Å². The maximum absolute atomic E-state index is 9.76. The summed E-state index contributed by atoms with van der Waals surface area (Å²) in [4.78, 5) is 0. The number of aliphatic hydroxyl groups is 3. The molecule has 0 aromatic heterocycles. The van der Waals surface area contributed by atoms with Crippen LogP contribution in [0.1, 0.15) is 18.1 Å². The molecule has 1 rings (SSSR count). The number of nitrogens with two attached hydrogens (primary N) is 1. The molecule has 0 bridgehead atoms. The number of nitrogen functional groups attached to an aromatic ring is 1. The van der Waals surface area contributed by atoms with Gasteiger partial charge in [0, 0.05) is 22.9 Å². The molecule has 2 atom stereocenters. The van der Waals surface area contributed by atoms with Crippen LogP contribution in [0, 0.1) is 0 Å². The van der Waals surface area contributed by atoms with Crippen LogP contribution >= 0.6 is 11.6 Å². The minimum atomic E-state index is -1.18. The highest BCUT2D eigenvalue weighted by molar-refractivity contribution is 6.31. The molecule has 0 heterocycles. The fraction of sp³-hybridized carbons (Fsp3) is 0.400. The Hall–Kier alpha value is -0.810. The summed E-state index contributed by atoms with van der Waals surface area (Å²) in [6, 6.07) is 4.84. The first-order valence-electron chi connectivity index (χ1n) is 4.58. The molecule has 5 N–H and O–H groups in total. The van der Waals surface area contributed by atoms with Crippen molar-refractivity contribution in [3.63, 3.8) is 0 Å². The van der Waals surface area contributed by atoms with Gasteiger partial charge in [-0.1, -0.05) is 17.7 Å². The topological polar surface area (TPSA) is 86.7 Å². The molecule has 1 aromatic rings. The lowest BCUT2D eigenvalue weighted by Gasteiger charge is -2.19. The normalized spacial score (nSPS) is 14.9. The van der Waals surface area contributed by atoms with E-state index in [-0.39, 0.29) is 13.0 Å². The Morgan fingerprint density at radius 1 is 1.33 bits per heavy atom. The molecule has 0 amide bonds. The van der Waals surface area contributed by atoms with Crippen LogP contribution in [0.25, 0.3) is 0 Å². The highest BCUT2D eigenvalue weighted by Crippen LogP contribution is 2.31. The summed E-state index contributed by atoms with van der Waals surface area (Å²) < 4.78 is 0. The van der Waals surface area contributed by atoms with Crippen molar-refractivity contribution in [3.05, 3.63) is 28.8 Å². The van der Waals surface area contributed by atoms with Gasteiger partial charge >= 0.3 is 0 Å². The third kappa shape index (κ3) is 2.82. The second kappa shape index (κ2) is 5.32. The highest BCUT2D eigenvalue weighted by atomic mass is 35.5. The van der Waals surface area contributed by atoms with E-state index in [0.717, 1.165) is 0 Å². The summed E-state index contributed by atoms with van der Waals surface area (Å²) in [6.45, 7) is -0.206. The summed E-state index contributed by atoms with van der Waals surface area (Å²) >= 11 is 5.86. The predicted octanol–water partition coefficient (Wildman–Crippen LogP) is 0.699. The van der Waals surface area contributed by atoms with Gasteiger partial charge < -0.3 is 21.1 Å². The highest BCUT2D eigenvalue weighted by Gasteiger charge is 2.22. The van der Waals surface area contributed by atoms with Crippen LogP contribution in [0.5, 0.6) is 0 Å². The number of benzene rings is 1. The summed E-state index contributed by atoms with van der Waals surface area (Å²) in [5, 5.41) is 28.2. The third-order valence-electron chi connectivity index (χ3n) is 2.17. The van der Waals surface area contributed by atoms with Crippen LogP contribution < -0.4 is 5.73 Å². The second-order valence-electron chi connectivity index (χ2n) is 3.27. The fourth-order valence-corrected chi connectivity index (χ4v) is 1.64. The molecular weight excluding hydrogens is 218 g/mol. The summed E-state index contributed by atoms with van der Waals surface area (Å²) in [5.74, 6) is 0. The first-order chi connectivity index (χ1) is 7.07. The molecule has 84 valence electrons. The van der Waals surface area contributed by atoms with Gasteiger partial charge in [0.15, 0.2) is 0 Å². The molecule has 4 nitrogen and oxygen atoms in total. The lowest BCUT2D eigenvalue weighted by molar-refractivity contribution is 0.00466. The minimum Gasteiger partial charge on any atom is -0.398 e. The Bertz CT molecular complexity index is 312. The van der Waals surface area contributed by atoms with E-state index in [1.807, 2.05) is 0 Å². The van der Waals surface area contributed by atoms with Crippen molar-refractivity contribution in [1.82, 2.24) is 0 Å². The zero-order valence-corrected chi connectivity index (χ0v) is 8.85. The van der Waals surface area contributed by atoms with Crippen molar-refractivity contribution in [1.29, 1.82) is 0 Å². The van der Waals surface area contributed by atoms with Gasteiger partial charge in [-0.2, -0.15) is 0 Å². The first-order valence-corrected chi connectivity index (χ1v) is 4.96. The molecule has 0 saturated heterocycles. The number of hydrogen-bond donors (Lipinski definition) is 4. The van der Waals surface area contributed by atoms with E-state index in [1.165, 1.54) is 0 Å². The monoisotopic (exact) mass is 231 g/mol. The first kappa shape index (κ1) is 12.3. The van der Waals surface area contributed by atoms with Gasteiger partial charge in [0.05, 0.1) is 6.10 Å². The molecule has 5 heteroatoms. The number of anilines is 1. The zero-order valence-electron chi connectivity index (χ0n) is 8.10. The van der Waals surface area contributed by atoms with Crippen molar-refractivity contribution in [3.8, 4) is 0 Å². The maximum Gasteiger partial charge on any atom is 0.108 e. The molecule has 0 fully saturated rings. The number of halogens is 1. The van der Waals surface area contributed by atoms with Crippen LogP contribution in [0.4, 0.5) is 5.69 Å². The average Bonchev–Trinajstić information content (AvgIpc) is 2.17. The molecule has 0 aliphatic carbocycles. The van der Waals surface area contributed by atoms with Gasteiger partial charge in [0.2, 0.25) is 0 Å². The Morgan fingerprint density at radius 3 is 2.53 bits per heavy atom. The van der Waals surface area contributed by atoms with Crippen LogP contribution in [-0.2, 0) is 0 Å². The van der Waals surface area contributed by atoms with E-state index in [1.54, 1.807) is 18.2 Å². The van der Waals surface area contributed by atoms with Crippen molar-refractivity contribution < 1.29 is 15.3 Å². The lowest BCUT2D eigenvalue weighted by atomic mass is 10.0. The van der Waals surface area contributed by atoms with Gasteiger partial charge in [-0.3, -0.25) is 0 Å². The molecule has 0 saturated carbocycles. The number of rotatable bonds is 4.